The summed E-state index contributed by atoms with van der Waals surface area (Å²) in [5, 5.41) is -4.53. The lowest BCUT2D eigenvalue weighted by Crippen LogP contribution is -2.34. The van der Waals surface area contributed by atoms with Crippen molar-refractivity contribution >= 4 is 16.1 Å². The van der Waals surface area contributed by atoms with Crippen LogP contribution in [0, 0.1) is 0 Å². The molecule has 0 atom stereocenters. The van der Waals surface area contributed by atoms with Crippen LogP contribution in [0.3, 0.4) is 0 Å². The Hall–Kier alpha value is -1.74. The van der Waals surface area contributed by atoms with Crippen molar-refractivity contribution in [2.45, 2.75) is 11.7 Å². The summed E-state index contributed by atoms with van der Waals surface area (Å²) in [6.45, 7) is -1.74. The summed E-state index contributed by atoms with van der Waals surface area (Å²) < 4.78 is 63.4. The summed E-state index contributed by atoms with van der Waals surface area (Å²) in [5.41, 5.74) is 0.478. The Morgan fingerprint density at radius 3 is 2.30 bits per heavy atom. The molecule has 0 fully saturated rings. The van der Waals surface area contributed by atoms with Crippen molar-refractivity contribution in [3.8, 4) is 5.75 Å². The average Bonchev–Trinajstić information content (AvgIpc) is 2.36. The van der Waals surface area contributed by atoms with Gasteiger partial charge in [0, 0.05) is 0 Å². The molecule has 112 valence electrons. The number of benzene rings is 1. The van der Waals surface area contributed by atoms with E-state index in [1.54, 1.807) is 12.1 Å². The molecule has 0 radical (unpaired) electrons. The van der Waals surface area contributed by atoms with E-state index in [1.807, 2.05) is 0 Å². The minimum atomic E-state index is -5.61. The molecule has 0 spiro atoms. The van der Waals surface area contributed by atoms with E-state index in [1.165, 1.54) is 19.2 Å². The average molecular weight is 310 g/mol. The van der Waals surface area contributed by atoms with Crippen molar-refractivity contribution in [2.75, 3.05) is 13.7 Å². The predicted molar refractivity (Wildman–Crippen MR) is 64.2 cm³/mol. The first kappa shape index (κ1) is 16.3. The lowest BCUT2D eigenvalue weighted by atomic mass is 10.1. The largest absolute Gasteiger partial charge is 0.497 e. The number of esters is 1. The molecule has 0 saturated carbocycles. The number of halogens is 2. The van der Waals surface area contributed by atoms with Gasteiger partial charge in [-0.1, -0.05) is 12.1 Å². The fourth-order valence-electron chi connectivity index (χ4n) is 1.20. The molecule has 0 unspecified atom stereocenters. The minimum Gasteiger partial charge on any atom is -0.497 e. The highest BCUT2D eigenvalue weighted by Crippen LogP contribution is 2.21. The molecule has 20 heavy (non-hydrogen) atoms. The third kappa shape index (κ3) is 4.42. The summed E-state index contributed by atoms with van der Waals surface area (Å²) in [7, 11) is -4.15. The highest BCUT2D eigenvalue weighted by atomic mass is 32.2. The Bertz CT molecular complexity index is 567. The van der Waals surface area contributed by atoms with Crippen LogP contribution in [-0.4, -0.2) is 37.9 Å². The second kappa shape index (κ2) is 6.14. The topological polar surface area (TPSA) is 89.9 Å². The van der Waals surface area contributed by atoms with Gasteiger partial charge in [0.1, 0.15) is 5.75 Å². The van der Waals surface area contributed by atoms with Crippen molar-refractivity contribution in [3.63, 3.8) is 0 Å². The van der Waals surface area contributed by atoms with Gasteiger partial charge in [-0.2, -0.15) is 17.2 Å². The summed E-state index contributed by atoms with van der Waals surface area (Å²) >= 11 is 0. The molecule has 0 heterocycles. The number of ether oxygens (including phenoxy) is 2. The number of alkyl halides is 2. The molecule has 0 bridgehead atoms. The molecule has 0 amide bonds. The van der Waals surface area contributed by atoms with E-state index in [9.17, 15) is 22.0 Å². The number of carbonyl (C=O) groups is 1. The smallest absolute Gasteiger partial charge is 0.402 e. The van der Waals surface area contributed by atoms with Crippen LogP contribution in [-0.2, 0) is 26.1 Å². The Balaban J connectivity index is 2.56. The second-order valence-electron chi connectivity index (χ2n) is 3.80. The van der Waals surface area contributed by atoms with Crippen LogP contribution in [0.2, 0.25) is 0 Å². The van der Waals surface area contributed by atoms with Crippen LogP contribution >= 0.6 is 0 Å². The molecule has 1 N–H and O–H groups in total. The van der Waals surface area contributed by atoms with E-state index in [0.717, 1.165) is 0 Å². The molecule has 1 aromatic carbocycles. The van der Waals surface area contributed by atoms with E-state index in [-0.39, 0.29) is 6.42 Å². The van der Waals surface area contributed by atoms with Gasteiger partial charge < -0.3 is 9.47 Å². The van der Waals surface area contributed by atoms with Crippen LogP contribution in [0.15, 0.2) is 24.3 Å². The lowest BCUT2D eigenvalue weighted by Gasteiger charge is -2.13. The summed E-state index contributed by atoms with van der Waals surface area (Å²) in [4.78, 5) is 11.3. The van der Waals surface area contributed by atoms with Gasteiger partial charge in [-0.3, -0.25) is 9.35 Å². The van der Waals surface area contributed by atoms with Gasteiger partial charge in [-0.05, 0) is 17.7 Å². The Kier molecular flexibility index (Phi) is 5.01. The molecule has 1 rings (SSSR count). The number of hydrogen-bond acceptors (Lipinski definition) is 5. The first-order chi connectivity index (χ1) is 9.15. The van der Waals surface area contributed by atoms with Gasteiger partial charge >= 0.3 is 21.3 Å². The number of hydrogen-bond donors (Lipinski definition) is 1. The van der Waals surface area contributed by atoms with Gasteiger partial charge in [0.15, 0.2) is 6.61 Å². The van der Waals surface area contributed by atoms with Crippen molar-refractivity contribution < 1.29 is 36.0 Å². The maximum Gasteiger partial charge on any atom is 0.402 e. The zero-order valence-electron chi connectivity index (χ0n) is 10.4. The van der Waals surface area contributed by atoms with Crippen LogP contribution < -0.4 is 4.74 Å². The monoisotopic (exact) mass is 310 g/mol. The quantitative estimate of drug-likeness (QED) is 0.628. The fourth-order valence-corrected chi connectivity index (χ4v) is 1.41. The van der Waals surface area contributed by atoms with Gasteiger partial charge in [0.2, 0.25) is 0 Å². The molecule has 0 aromatic heterocycles. The van der Waals surface area contributed by atoms with E-state index >= 15 is 0 Å². The maximum atomic E-state index is 12.8. The number of carbonyl (C=O) groups excluding carboxylic acids is 1. The Labute approximate surface area is 114 Å². The summed E-state index contributed by atoms with van der Waals surface area (Å²) in [6, 6.07) is 6.19. The molecule has 1 aromatic rings. The molecular weight excluding hydrogens is 298 g/mol. The maximum absolute atomic E-state index is 12.8. The highest BCUT2D eigenvalue weighted by Gasteiger charge is 2.45. The van der Waals surface area contributed by atoms with E-state index in [0.29, 0.717) is 11.3 Å². The molecular formula is C11H12F2O6S. The van der Waals surface area contributed by atoms with E-state index in [2.05, 4.69) is 4.74 Å². The Morgan fingerprint density at radius 2 is 1.85 bits per heavy atom. The fraction of sp³-hybridized carbons (Fsp3) is 0.364. The van der Waals surface area contributed by atoms with Gasteiger partial charge in [0.25, 0.3) is 0 Å². The first-order valence-corrected chi connectivity index (χ1v) is 6.73. The van der Waals surface area contributed by atoms with E-state index in [4.69, 9.17) is 9.29 Å². The SMILES string of the molecule is COc1ccc(CC(=O)OCC(F)(F)S(=O)(=O)O)cc1. The van der Waals surface area contributed by atoms with Gasteiger partial charge in [-0.15, -0.1) is 0 Å². The molecule has 6 nitrogen and oxygen atoms in total. The van der Waals surface area contributed by atoms with Crippen LogP contribution in [0.25, 0.3) is 0 Å². The van der Waals surface area contributed by atoms with Gasteiger partial charge in [0.05, 0.1) is 13.5 Å². The van der Waals surface area contributed by atoms with Crippen molar-refractivity contribution in [2.24, 2.45) is 0 Å². The molecule has 0 aliphatic rings. The Morgan fingerprint density at radius 1 is 1.30 bits per heavy atom. The van der Waals surface area contributed by atoms with Crippen LogP contribution in [0.1, 0.15) is 5.56 Å². The first-order valence-electron chi connectivity index (χ1n) is 5.29. The summed E-state index contributed by atoms with van der Waals surface area (Å²) in [5.74, 6) is -0.487. The number of methoxy groups -OCH3 is 1. The zero-order chi connectivity index (χ0) is 15.4. The zero-order valence-corrected chi connectivity index (χ0v) is 11.2. The number of rotatable bonds is 6. The molecule has 0 saturated heterocycles. The third-order valence-electron chi connectivity index (χ3n) is 2.29. The highest BCUT2D eigenvalue weighted by molar-refractivity contribution is 7.86. The molecule has 9 heteroatoms. The molecule has 0 aliphatic carbocycles. The molecule has 0 aliphatic heterocycles. The van der Waals surface area contributed by atoms with Crippen molar-refractivity contribution in [1.29, 1.82) is 0 Å². The summed E-state index contributed by atoms with van der Waals surface area (Å²) in [6.07, 6.45) is -0.314. The van der Waals surface area contributed by atoms with Crippen LogP contribution in [0.4, 0.5) is 8.78 Å². The third-order valence-corrected chi connectivity index (χ3v) is 3.16. The minimum absolute atomic E-state index is 0.314. The normalized spacial score (nSPS) is 12.0. The van der Waals surface area contributed by atoms with Crippen molar-refractivity contribution in [1.82, 2.24) is 0 Å². The van der Waals surface area contributed by atoms with Crippen molar-refractivity contribution in [3.05, 3.63) is 29.8 Å². The van der Waals surface area contributed by atoms with E-state index < -0.39 is 27.9 Å². The van der Waals surface area contributed by atoms with Gasteiger partial charge in [-0.25, -0.2) is 0 Å². The predicted octanol–water partition coefficient (Wildman–Crippen LogP) is 1.26. The lowest BCUT2D eigenvalue weighted by molar-refractivity contribution is -0.148. The second-order valence-corrected chi connectivity index (χ2v) is 5.35. The van der Waals surface area contributed by atoms with Crippen LogP contribution in [0.5, 0.6) is 5.75 Å². The standard InChI is InChI=1S/C11H12F2O6S/c1-18-9-4-2-8(3-5-9)6-10(14)19-7-11(12,13)20(15,16)17/h2-5H,6-7H2,1H3,(H,15,16,17).